The van der Waals surface area contributed by atoms with Crippen LogP contribution in [0.4, 0.5) is 0 Å². The van der Waals surface area contributed by atoms with E-state index in [1.165, 1.54) is 80.4 Å². The molecular weight excluding hydrogens is 470 g/mol. The molecule has 0 heterocycles. The first kappa shape index (κ1) is 26.2. The Kier molecular flexibility index (Phi) is 11.2. The summed E-state index contributed by atoms with van der Waals surface area (Å²) in [4.78, 5) is 2.52. The van der Waals surface area contributed by atoms with E-state index in [4.69, 9.17) is 0 Å². The van der Waals surface area contributed by atoms with Crippen molar-refractivity contribution in [3.8, 4) is 0 Å². The summed E-state index contributed by atoms with van der Waals surface area (Å²) in [5, 5.41) is 16.3. The molecule has 0 fully saturated rings. The van der Waals surface area contributed by atoms with Gasteiger partial charge in [-0.2, -0.15) is 0 Å². The lowest BCUT2D eigenvalue weighted by Crippen LogP contribution is -2.31. The molecule has 3 aromatic carbocycles. The van der Waals surface area contributed by atoms with Crippen LogP contribution >= 0.6 is 15.9 Å². The van der Waals surface area contributed by atoms with Gasteiger partial charge in [0.25, 0.3) is 0 Å². The first-order valence-electron chi connectivity index (χ1n) is 13.1. The van der Waals surface area contributed by atoms with Gasteiger partial charge in [0.05, 0.1) is 6.10 Å². The Bertz CT molecular complexity index is 972. The maximum Gasteiger partial charge on any atom is 0.0923 e. The van der Waals surface area contributed by atoms with E-state index in [2.05, 4.69) is 83.2 Å². The fourth-order valence-corrected chi connectivity index (χ4v) is 5.26. The number of hydrogen-bond donors (Lipinski definition) is 1. The van der Waals surface area contributed by atoms with Crippen molar-refractivity contribution in [3.63, 3.8) is 0 Å². The molecular formula is C30H42BrNO. The average Bonchev–Trinajstić information content (AvgIpc) is 2.82. The van der Waals surface area contributed by atoms with Gasteiger partial charge in [0.2, 0.25) is 0 Å². The fraction of sp³-hybridized carbons (Fsp3) is 0.533. The quantitative estimate of drug-likeness (QED) is 0.162. The summed E-state index contributed by atoms with van der Waals surface area (Å²) < 4.78 is 1.08. The van der Waals surface area contributed by atoms with Gasteiger partial charge in [-0.05, 0) is 71.2 Å². The average molecular weight is 513 g/mol. The van der Waals surface area contributed by atoms with Gasteiger partial charge >= 0.3 is 0 Å². The lowest BCUT2D eigenvalue weighted by Gasteiger charge is -2.26. The van der Waals surface area contributed by atoms with Gasteiger partial charge in [-0.3, -0.25) is 0 Å². The molecule has 0 spiro atoms. The van der Waals surface area contributed by atoms with Crippen LogP contribution in [-0.2, 0) is 0 Å². The number of aliphatic hydroxyl groups is 1. The second-order valence-electron chi connectivity index (χ2n) is 9.52. The number of aliphatic hydroxyl groups excluding tert-OH is 1. The van der Waals surface area contributed by atoms with Gasteiger partial charge in [0.1, 0.15) is 0 Å². The predicted octanol–water partition coefficient (Wildman–Crippen LogP) is 9.03. The van der Waals surface area contributed by atoms with Crippen LogP contribution in [-0.4, -0.2) is 29.6 Å². The molecule has 1 N–H and O–H groups in total. The monoisotopic (exact) mass is 511 g/mol. The Morgan fingerprint density at radius 2 is 1.36 bits per heavy atom. The number of hydrogen-bond acceptors (Lipinski definition) is 2. The second-order valence-corrected chi connectivity index (χ2v) is 10.4. The lowest BCUT2D eigenvalue weighted by atomic mass is 9.94. The third kappa shape index (κ3) is 7.80. The topological polar surface area (TPSA) is 23.5 Å². The molecule has 0 saturated heterocycles. The van der Waals surface area contributed by atoms with E-state index >= 15 is 0 Å². The molecule has 0 saturated carbocycles. The molecule has 0 radical (unpaired) electrons. The molecule has 0 aliphatic rings. The molecule has 0 unspecified atom stereocenters. The van der Waals surface area contributed by atoms with Crippen LogP contribution in [0.3, 0.4) is 0 Å². The highest BCUT2D eigenvalue weighted by molar-refractivity contribution is 9.10. The van der Waals surface area contributed by atoms with Crippen molar-refractivity contribution in [2.24, 2.45) is 0 Å². The maximum absolute atomic E-state index is 11.4. The van der Waals surface area contributed by atoms with E-state index in [-0.39, 0.29) is 0 Å². The maximum atomic E-state index is 11.4. The van der Waals surface area contributed by atoms with Crippen LogP contribution in [0, 0.1) is 0 Å². The van der Waals surface area contributed by atoms with Crippen molar-refractivity contribution in [2.75, 3.05) is 19.6 Å². The third-order valence-electron chi connectivity index (χ3n) is 6.80. The summed E-state index contributed by atoms with van der Waals surface area (Å²) in [7, 11) is 0. The van der Waals surface area contributed by atoms with E-state index in [0.717, 1.165) is 28.5 Å². The van der Waals surface area contributed by atoms with Gasteiger partial charge in [-0.1, -0.05) is 111 Å². The summed E-state index contributed by atoms with van der Waals surface area (Å²) >= 11 is 3.64. The van der Waals surface area contributed by atoms with Gasteiger partial charge < -0.3 is 10.0 Å². The number of rotatable bonds is 15. The number of fused-ring (bicyclic) bond motifs is 3. The minimum absolute atomic E-state index is 0.482. The lowest BCUT2D eigenvalue weighted by molar-refractivity contribution is 0.111. The molecule has 2 nitrogen and oxygen atoms in total. The largest absolute Gasteiger partial charge is 0.387 e. The zero-order valence-electron chi connectivity index (χ0n) is 20.7. The molecule has 3 rings (SSSR count). The molecule has 0 aliphatic carbocycles. The Labute approximate surface area is 209 Å². The zero-order valence-corrected chi connectivity index (χ0v) is 22.2. The van der Waals surface area contributed by atoms with Crippen LogP contribution in [0.1, 0.15) is 89.7 Å². The fourth-order valence-electron chi connectivity index (χ4n) is 4.90. The molecule has 33 heavy (non-hydrogen) atoms. The Morgan fingerprint density at radius 1 is 0.727 bits per heavy atom. The van der Waals surface area contributed by atoms with Gasteiger partial charge in [0, 0.05) is 11.0 Å². The van der Waals surface area contributed by atoms with E-state index < -0.39 is 6.10 Å². The number of nitrogens with zero attached hydrogens (tertiary/aromatic N) is 1. The van der Waals surface area contributed by atoms with E-state index in [1.807, 2.05) is 0 Å². The van der Waals surface area contributed by atoms with Crippen molar-refractivity contribution < 1.29 is 5.11 Å². The molecule has 3 aromatic rings. The normalized spacial score (nSPS) is 12.8. The minimum Gasteiger partial charge on any atom is -0.387 e. The first-order valence-corrected chi connectivity index (χ1v) is 13.9. The van der Waals surface area contributed by atoms with Crippen LogP contribution in [0.5, 0.6) is 0 Å². The van der Waals surface area contributed by atoms with Crippen molar-refractivity contribution in [1.29, 1.82) is 0 Å². The summed E-state index contributed by atoms with van der Waals surface area (Å²) in [5.41, 5.74) is 1.05. The summed E-state index contributed by atoms with van der Waals surface area (Å²) in [6, 6.07) is 17.2. The predicted molar refractivity (Wildman–Crippen MR) is 148 cm³/mol. The van der Waals surface area contributed by atoms with Crippen LogP contribution in [0.15, 0.2) is 53.0 Å². The van der Waals surface area contributed by atoms with Gasteiger partial charge in [0.15, 0.2) is 0 Å². The standard InChI is InChI=1S/C30H42BrNO/c1-3-5-7-9-13-19-32(20-14-10-8-6-4-2)23-30(33)29-21-24-15-11-12-16-26(24)28-22-25(31)17-18-27(28)29/h11-12,15-18,21-22,30,33H,3-10,13-14,19-20,23H2,1-2H3/t30-/m0/s1. The van der Waals surface area contributed by atoms with Crippen LogP contribution in [0.2, 0.25) is 0 Å². The summed E-state index contributed by atoms with van der Waals surface area (Å²) in [5.74, 6) is 0. The molecule has 0 aromatic heterocycles. The molecule has 0 amide bonds. The van der Waals surface area contributed by atoms with E-state index in [0.29, 0.717) is 6.54 Å². The second kappa shape index (κ2) is 14.1. The zero-order chi connectivity index (χ0) is 23.5. The molecule has 3 heteroatoms. The smallest absolute Gasteiger partial charge is 0.0923 e. The first-order chi connectivity index (χ1) is 16.1. The minimum atomic E-state index is -0.482. The molecule has 1 atom stereocenters. The third-order valence-corrected chi connectivity index (χ3v) is 7.29. The number of halogens is 1. The number of benzene rings is 3. The van der Waals surface area contributed by atoms with Gasteiger partial charge in [-0.15, -0.1) is 0 Å². The highest BCUT2D eigenvalue weighted by Crippen LogP contribution is 2.34. The van der Waals surface area contributed by atoms with Crippen molar-refractivity contribution in [2.45, 2.75) is 84.2 Å². The Morgan fingerprint density at radius 3 is 2.03 bits per heavy atom. The summed E-state index contributed by atoms with van der Waals surface area (Å²) in [6.45, 7) is 7.43. The number of unbranched alkanes of at least 4 members (excludes halogenated alkanes) is 8. The van der Waals surface area contributed by atoms with Crippen molar-refractivity contribution in [3.05, 3.63) is 58.6 Å². The van der Waals surface area contributed by atoms with Crippen molar-refractivity contribution in [1.82, 2.24) is 4.90 Å². The van der Waals surface area contributed by atoms with Crippen LogP contribution in [0.25, 0.3) is 21.5 Å². The SMILES string of the molecule is CCCCCCCN(CCCCCCC)C[C@H](O)c1cc2ccccc2c2cc(Br)ccc12. The van der Waals surface area contributed by atoms with Crippen molar-refractivity contribution >= 4 is 37.5 Å². The van der Waals surface area contributed by atoms with Gasteiger partial charge in [-0.25, -0.2) is 0 Å². The van der Waals surface area contributed by atoms with Crippen LogP contribution < -0.4 is 0 Å². The van der Waals surface area contributed by atoms with E-state index in [9.17, 15) is 5.11 Å². The molecule has 180 valence electrons. The molecule has 0 bridgehead atoms. The highest BCUT2D eigenvalue weighted by atomic mass is 79.9. The molecule has 0 aliphatic heterocycles. The Balaban J connectivity index is 1.76. The highest BCUT2D eigenvalue weighted by Gasteiger charge is 2.17. The summed E-state index contributed by atoms with van der Waals surface area (Å²) in [6.07, 6.45) is 12.4. The Hall–Kier alpha value is -1.42. The van der Waals surface area contributed by atoms with E-state index in [1.54, 1.807) is 0 Å².